The predicted molar refractivity (Wildman–Crippen MR) is 47.6 cm³/mol. The van der Waals surface area contributed by atoms with Crippen molar-refractivity contribution in [1.29, 1.82) is 0 Å². The van der Waals surface area contributed by atoms with E-state index >= 15 is 0 Å². The zero-order valence-corrected chi connectivity index (χ0v) is 7.38. The Morgan fingerprint density at radius 1 is 1.45 bits per heavy atom. The Balaban J connectivity index is 3.06. The molecule has 0 amide bonds. The largest absolute Gasteiger partial charge is 0.384 e. The summed E-state index contributed by atoms with van der Waals surface area (Å²) in [5.74, 6) is 5.72. The van der Waals surface area contributed by atoms with Gasteiger partial charge in [-0.3, -0.25) is 5.01 Å². The van der Waals surface area contributed by atoms with Crippen LogP contribution in [0.5, 0.6) is 0 Å². The van der Waals surface area contributed by atoms with Crippen LogP contribution in [0.15, 0.2) is 34.4 Å². The number of halogens is 1. The van der Waals surface area contributed by atoms with Crippen molar-refractivity contribution in [1.82, 2.24) is 5.01 Å². The highest BCUT2D eigenvalue weighted by atomic mass is 79.9. The molecular formula is C6H9BrN4. The van der Waals surface area contributed by atoms with Gasteiger partial charge in [-0.05, 0) is 28.1 Å². The van der Waals surface area contributed by atoms with E-state index in [9.17, 15) is 0 Å². The molecule has 4 nitrogen and oxygen atoms in total. The van der Waals surface area contributed by atoms with Crippen LogP contribution in [-0.4, -0.2) is 5.01 Å². The zero-order valence-electron chi connectivity index (χ0n) is 5.79. The summed E-state index contributed by atoms with van der Waals surface area (Å²) in [7, 11) is 0. The molecule has 0 saturated heterocycles. The van der Waals surface area contributed by atoms with Gasteiger partial charge in [-0.25, -0.2) is 5.84 Å². The molecule has 0 fully saturated rings. The van der Waals surface area contributed by atoms with Crippen LogP contribution in [0.3, 0.4) is 0 Å². The molecule has 0 unspecified atom stereocenters. The molecule has 1 aliphatic heterocycles. The van der Waals surface area contributed by atoms with Gasteiger partial charge in [-0.2, -0.15) is 0 Å². The third kappa shape index (κ3) is 1.55. The lowest BCUT2D eigenvalue weighted by Crippen LogP contribution is -2.30. The molecule has 11 heavy (non-hydrogen) atoms. The second kappa shape index (κ2) is 2.98. The number of allylic oxidation sites excluding steroid dienone is 3. The maximum absolute atomic E-state index is 5.53. The fourth-order valence-electron chi connectivity index (χ4n) is 0.784. The molecule has 0 spiro atoms. The van der Waals surface area contributed by atoms with Crippen LogP contribution >= 0.6 is 15.9 Å². The average Bonchev–Trinajstić information content (AvgIpc) is 1.85. The average molecular weight is 217 g/mol. The first-order valence-electron chi connectivity index (χ1n) is 2.96. The lowest BCUT2D eigenvalue weighted by molar-refractivity contribution is 0.495. The highest BCUT2D eigenvalue weighted by Gasteiger charge is 2.11. The van der Waals surface area contributed by atoms with Gasteiger partial charge in [0.2, 0.25) is 0 Å². The minimum atomic E-state index is 0.194. The minimum absolute atomic E-state index is 0.194. The number of hydrogen-bond donors (Lipinski definition) is 3. The highest BCUT2D eigenvalue weighted by molar-refractivity contribution is 9.12. The summed E-state index contributed by atoms with van der Waals surface area (Å²) in [4.78, 5) is 0. The van der Waals surface area contributed by atoms with Crippen molar-refractivity contribution in [3.05, 3.63) is 34.4 Å². The Morgan fingerprint density at radius 2 is 2.09 bits per heavy atom. The number of hydrazine groups is 1. The molecule has 0 atom stereocenters. The van der Waals surface area contributed by atoms with Crippen molar-refractivity contribution in [2.24, 2.45) is 17.3 Å². The second-order valence-electron chi connectivity index (χ2n) is 2.07. The second-order valence-corrected chi connectivity index (χ2v) is 2.92. The van der Waals surface area contributed by atoms with Crippen LogP contribution in [0, 0.1) is 0 Å². The summed E-state index contributed by atoms with van der Waals surface area (Å²) in [6, 6.07) is 0. The van der Waals surface area contributed by atoms with Gasteiger partial charge in [0.05, 0.1) is 0 Å². The molecule has 6 N–H and O–H groups in total. The van der Waals surface area contributed by atoms with E-state index in [1.807, 2.05) is 6.08 Å². The van der Waals surface area contributed by atoms with Crippen molar-refractivity contribution < 1.29 is 0 Å². The lowest BCUT2D eigenvalue weighted by atomic mass is 10.3. The first-order valence-corrected chi connectivity index (χ1v) is 3.75. The molecule has 5 heteroatoms. The number of hydrogen-bond acceptors (Lipinski definition) is 4. The maximum atomic E-state index is 5.53. The molecule has 0 bridgehead atoms. The van der Waals surface area contributed by atoms with E-state index in [0.29, 0.717) is 5.70 Å². The summed E-state index contributed by atoms with van der Waals surface area (Å²) in [6.45, 7) is 0. The summed E-state index contributed by atoms with van der Waals surface area (Å²) in [5, 5.41) is 1.36. The van der Waals surface area contributed by atoms with Gasteiger partial charge < -0.3 is 11.5 Å². The van der Waals surface area contributed by atoms with Crippen molar-refractivity contribution in [3.63, 3.8) is 0 Å². The van der Waals surface area contributed by atoms with Crippen LogP contribution in [0.2, 0.25) is 0 Å². The Bertz CT molecular complexity index is 249. The van der Waals surface area contributed by atoms with Crippen LogP contribution in [0.25, 0.3) is 0 Å². The molecule has 1 rings (SSSR count). The maximum Gasteiger partial charge on any atom is 0.120 e. The summed E-state index contributed by atoms with van der Waals surface area (Å²) in [5.41, 5.74) is 11.3. The molecule has 0 saturated carbocycles. The van der Waals surface area contributed by atoms with E-state index in [4.69, 9.17) is 17.3 Å². The van der Waals surface area contributed by atoms with Gasteiger partial charge in [0.25, 0.3) is 0 Å². The molecule has 1 aliphatic rings. The smallest absolute Gasteiger partial charge is 0.120 e. The molecule has 60 valence electrons. The van der Waals surface area contributed by atoms with E-state index in [0.717, 1.165) is 4.48 Å². The minimum Gasteiger partial charge on any atom is -0.384 e. The van der Waals surface area contributed by atoms with E-state index in [1.165, 1.54) is 5.01 Å². The first kappa shape index (κ1) is 8.16. The number of rotatable bonds is 0. The van der Waals surface area contributed by atoms with Gasteiger partial charge in [0, 0.05) is 10.7 Å². The Hall–Kier alpha value is -0.940. The van der Waals surface area contributed by atoms with Crippen molar-refractivity contribution in [3.8, 4) is 0 Å². The summed E-state index contributed by atoms with van der Waals surface area (Å²) >= 11 is 3.27. The SMILES string of the molecule is NC(N)=C1C(Br)=CC=CN1N. The van der Waals surface area contributed by atoms with E-state index < -0.39 is 0 Å². The van der Waals surface area contributed by atoms with Crippen LogP contribution in [0.1, 0.15) is 0 Å². The lowest BCUT2D eigenvalue weighted by Gasteiger charge is -2.20. The van der Waals surface area contributed by atoms with Crippen LogP contribution in [-0.2, 0) is 0 Å². The fourth-order valence-corrected chi connectivity index (χ4v) is 1.37. The van der Waals surface area contributed by atoms with Gasteiger partial charge >= 0.3 is 0 Å². The van der Waals surface area contributed by atoms with Crippen molar-refractivity contribution in [2.45, 2.75) is 0 Å². The fraction of sp³-hybridized carbons (Fsp3) is 0. The van der Waals surface area contributed by atoms with Gasteiger partial charge in [0.15, 0.2) is 0 Å². The quantitative estimate of drug-likeness (QED) is 0.501. The Morgan fingerprint density at radius 3 is 2.45 bits per heavy atom. The predicted octanol–water partition coefficient (Wildman–Crippen LogP) is 0.0547. The molecule has 1 heterocycles. The molecule has 0 aromatic rings. The van der Waals surface area contributed by atoms with Crippen molar-refractivity contribution >= 4 is 15.9 Å². The number of nitrogens with two attached hydrogens (primary N) is 3. The zero-order chi connectivity index (χ0) is 8.43. The third-order valence-electron chi connectivity index (χ3n) is 1.25. The molecule has 0 aromatic carbocycles. The Kier molecular flexibility index (Phi) is 2.21. The van der Waals surface area contributed by atoms with Crippen LogP contribution < -0.4 is 17.3 Å². The van der Waals surface area contributed by atoms with Gasteiger partial charge in [-0.15, -0.1) is 0 Å². The van der Waals surface area contributed by atoms with E-state index in [1.54, 1.807) is 12.3 Å². The number of nitrogens with zero attached hydrogens (tertiary/aromatic N) is 1. The topological polar surface area (TPSA) is 81.3 Å². The Labute approximate surface area is 73.1 Å². The monoisotopic (exact) mass is 216 g/mol. The molecule has 0 radical (unpaired) electrons. The standard InChI is InChI=1S/C6H9BrN4/c7-4-2-1-3-11(10)5(4)6(8)9/h1-3H,8-10H2. The van der Waals surface area contributed by atoms with E-state index in [-0.39, 0.29) is 5.82 Å². The van der Waals surface area contributed by atoms with Crippen LogP contribution in [0.4, 0.5) is 0 Å². The molecular weight excluding hydrogens is 208 g/mol. The van der Waals surface area contributed by atoms with E-state index in [2.05, 4.69) is 15.9 Å². The normalized spacial score (nSPS) is 16.7. The molecule has 0 aliphatic carbocycles. The summed E-state index contributed by atoms with van der Waals surface area (Å²) < 4.78 is 0.780. The van der Waals surface area contributed by atoms with Gasteiger partial charge in [0.1, 0.15) is 11.5 Å². The van der Waals surface area contributed by atoms with Crippen molar-refractivity contribution in [2.75, 3.05) is 0 Å². The first-order chi connectivity index (χ1) is 5.13. The summed E-state index contributed by atoms with van der Waals surface area (Å²) in [6.07, 6.45) is 5.27. The highest BCUT2D eigenvalue weighted by Crippen LogP contribution is 2.22. The third-order valence-corrected chi connectivity index (χ3v) is 1.89. The van der Waals surface area contributed by atoms with Gasteiger partial charge in [-0.1, -0.05) is 0 Å². The molecule has 0 aromatic heterocycles.